The lowest BCUT2D eigenvalue weighted by atomic mass is 10.1. The predicted molar refractivity (Wildman–Crippen MR) is 105 cm³/mol. The zero-order valence-corrected chi connectivity index (χ0v) is 17.7. The molecule has 1 aliphatic heterocycles. The van der Waals surface area contributed by atoms with E-state index in [1.165, 1.54) is 11.0 Å². The molecule has 1 heterocycles. The third kappa shape index (κ3) is 6.06. The monoisotopic (exact) mass is 471 g/mol. The van der Waals surface area contributed by atoms with Crippen molar-refractivity contribution in [1.82, 2.24) is 9.62 Å². The van der Waals surface area contributed by atoms with Crippen molar-refractivity contribution in [2.45, 2.75) is 23.8 Å². The molecule has 1 amide bonds. The number of piperidine rings is 1. The molecule has 0 aliphatic carbocycles. The summed E-state index contributed by atoms with van der Waals surface area (Å²) in [7, 11) is -7.61. The first-order chi connectivity index (χ1) is 12.9. The molecule has 0 unspecified atom stereocenters. The fraction of sp³-hybridized carbons (Fsp3) is 0.400. The number of likely N-dealkylation sites (tertiary alicyclic amines) is 1. The molecule has 0 saturated carbocycles. The van der Waals surface area contributed by atoms with Gasteiger partial charge < -0.3 is 9.64 Å². The molecule has 1 aliphatic rings. The Morgan fingerprint density at radius 1 is 1.25 bits per heavy atom. The number of carbonyl (C=O) groups excluding carboxylic acids is 1. The van der Waals surface area contributed by atoms with Crippen LogP contribution in [0.5, 0.6) is 5.75 Å². The third-order valence-corrected chi connectivity index (χ3v) is 6.81. The van der Waals surface area contributed by atoms with Crippen LogP contribution >= 0.6 is 23.2 Å². The number of ether oxygens (including phenoxy) is 1. The third-order valence-electron chi connectivity index (χ3n) is 4.04. The average Bonchev–Trinajstić information content (AvgIpc) is 2.60. The van der Waals surface area contributed by atoms with Gasteiger partial charge in [0.25, 0.3) is 5.91 Å². The second kappa shape index (κ2) is 8.97. The molecule has 1 saturated heterocycles. The molecule has 0 atom stereocenters. The molecule has 2 rings (SSSR count). The zero-order chi connectivity index (χ0) is 21.1. The van der Waals surface area contributed by atoms with Crippen LogP contribution in [0.15, 0.2) is 29.0 Å². The van der Waals surface area contributed by atoms with Crippen molar-refractivity contribution in [3.63, 3.8) is 0 Å². The van der Waals surface area contributed by atoms with Gasteiger partial charge in [-0.05, 0) is 18.9 Å². The molecule has 0 aromatic heterocycles. The molecule has 0 spiro atoms. The Kier molecular flexibility index (Phi) is 7.34. The Bertz CT molecular complexity index is 974. The largest absolute Gasteiger partial charge is 0.482 e. The van der Waals surface area contributed by atoms with Crippen molar-refractivity contribution in [2.75, 3.05) is 19.7 Å². The molecule has 1 aromatic rings. The summed E-state index contributed by atoms with van der Waals surface area (Å²) in [4.78, 5) is 13.5. The second-order valence-electron chi connectivity index (χ2n) is 6.03. The molecule has 1 fully saturated rings. The summed E-state index contributed by atoms with van der Waals surface area (Å²) >= 11 is 11.8. The molecule has 0 bridgehead atoms. The number of benzene rings is 1. The van der Waals surface area contributed by atoms with Crippen LogP contribution in [0.2, 0.25) is 10.0 Å². The first-order valence-electron chi connectivity index (χ1n) is 8.00. The lowest BCUT2D eigenvalue weighted by Crippen LogP contribution is -2.47. The molecular weight excluding hydrogens is 453 g/mol. The summed E-state index contributed by atoms with van der Waals surface area (Å²) in [5.74, 6) is -0.398. The van der Waals surface area contributed by atoms with Crippen LogP contribution in [0.3, 0.4) is 0 Å². The van der Waals surface area contributed by atoms with Gasteiger partial charge in [0, 0.05) is 30.6 Å². The Balaban J connectivity index is 1.96. The molecule has 156 valence electrons. The van der Waals surface area contributed by atoms with E-state index in [0.717, 1.165) is 11.5 Å². The standard InChI is InChI=1S/C15H19Cl2N3O6S2/c1-2-27(22,23)19-10-3-5-20(6-4-10)15(21)9-26-13-8-14(28(18,24)25)12(17)7-11(13)16/h2,7-8,10,19H,1,3-6,9H2,(H2,18,24,25). The summed E-state index contributed by atoms with van der Waals surface area (Å²) in [5.41, 5.74) is 0. The molecule has 3 N–H and O–H groups in total. The Morgan fingerprint density at radius 2 is 1.86 bits per heavy atom. The Labute approximate surface area is 173 Å². The second-order valence-corrected chi connectivity index (χ2v) is 10.0. The van der Waals surface area contributed by atoms with Gasteiger partial charge in [-0.3, -0.25) is 4.79 Å². The van der Waals surface area contributed by atoms with Crippen molar-refractivity contribution in [2.24, 2.45) is 5.14 Å². The van der Waals surface area contributed by atoms with E-state index in [9.17, 15) is 21.6 Å². The summed E-state index contributed by atoms with van der Waals surface area (Å²) in [6.07, 6.45) is 0.881. The summed E-state index contributed by atoms with van der Waals surface area (Å²) in [6, 6.07) is 1.94. The van der Waals surface area contributed by atoms with Gasteiger partial charge in [-0.15, -0.1) is 0 Å². The quantitative estimate of drug-likeness (QED) is 0.610. The van der Waals surface area contributed by atoms with Crippen molar-refractivity contribution >= 4 is 49.2 Å². The van der Waals surface area contributed by atoms with Gasteiger partial charge in [-0.1, -0.05) is 29.8 Å². The van der Waals surface area contributed by atoms with E-state index < -0.39 is 20.0 Å². The van der Waals surface area contributed by atoms with E-state index in [2.05, 4.69) is 11.3 Å². The van der Waals surface area contributed by atoms with Gasteiger partial charge in [0.15, 0.2) is 6.61 Å². The lowest BCUT2D eigenvalue weighted by molar-refractivity contribution is -0.134. The maximum Gasteiger partial charge on any atom is 0.260 e. The van der Waals surface area contributed by atoms with Gasteiger partial charge in [-0.25, -0.2) is 26.7 Å². The number of nitrogens with zero attached hydrogens (tertiary/aromatic N) is 1. The van der Waals surface area contributed by atoms with E-state index in [-0.39, 0.29) is 39.2 Å². The van der Waals surface area contributed by atoms with Gasteiger partial charge >= 0.3 is 0 Å². The maximum atomic E-state index is 12.3. The van der Waals surface area contributed by atoms with Gasteiger partial charge in [0.2, 0.25) is 20.0 Å². The highest BCUT2D eigenvalue weighted by Gasteiger charge is 2.25. The van der Waals surface area contributed by atoms with Gasteiger partial charge in [0.1, 0.15) is 10.6 Å². The number of carbonyl (C=O) groups is 1. The predicted octanol–water partition coefficient (Wildman–Crippen LogP) is 1.07. The van der Waals surface area contributed by atoms with E-state index in [4.69, 9.17) is 33.1 Å². The van der Waals surface area contributed by atoms with Crippen LogP contribution in [0.1, 0.15) is 12.8 Å². The van der Waals surface area contributed by atoms with Crippen molar-refractivity contribution in [1.29, 1.82) is 0 Å². The Morgan fingerprint density at radius 3 is 2.39 bits per heavy atom. The minimum absolute atomic E-state index is 0.0303. The normalized spacial score (nSPS) is 16.0. The molecular formula is C15H19Cl2N3O6S2. The van der Waals surface area contributed by atoms with E-state index in [0.29, 0.717) is 25.9 Å². The highest BCUT2D eigenvalue weighted by Crippen LogP contribution is 2.33. The number of sulfonamides is 2. The van der Waals surface area contributed by atoms with Crippen LogP contribution < -0.4 is 14.6 Å². The highest BCUT2D eigenvalue weighted by atomic mass is 35.5. The fourth-order valence-electron chi connectivity index (χ4n) is 2.60. The lowest BCUT2D eigenvalue weighted by Gasteiger charge is -2.32. The van der Waals surface area contributed by atoms with Crippen LogP contribution in [-0.4, -0.2) is 53.4 Å². The van der Waals surface area contributed by atoms with Crippen molar-refractivity contribution in [3.8, 4) is 5.75 Å². The number of amides is 1. The molecule has 13 heteroatoms. The summed E-state index contributed by atoms with van der Waals surface area (Å²) in [5, 5.41) is 5.79. The zero-order valence-electron chi connectivity index (χ0n) is 14.6. The number of nitrogens with two attached hydrogens (primary N) is 1. The van der Waals surface area contributed by atoms with E-state index in [1.54, 1.807) is 0 Å². The summed E-state index contributed by atoms with van der Waals surface area (Å²) < 4.78 is 53.8. The SMILES string of the molecule is C=CS(=O)(=O)NC1CCN(C(=O)COc2cc(S(N)(=O)=O)c(Cl)cc2Cl)CC1. The Hall–Kier alpha value is -1.37. The molecule has 9 nitrogen and oxygen atoms in total. The minimum atomic E-state index is -4.08. The van der Waals surface area contributed by atoms with Crippen LogP contribution in [0.4, 0.5) is 0 Å². The number of halogens is 2. The minimum Gasteiger partial charge on any atom is -0.482 e. The highest BCUT2D eigenvalue weighted by molar-refractivity contribution is 7.92. The molecule has 0 radical (unpaired) electrons. The van der Waals surface area contributed by atoms with Crippen LogP contribution in [-0.2, 0) is 24.8 Å². The smallest absolute Gasteiger partial charge is 0.260 e. The van der Waals surface area contributed by atoms with E-state index >= 15 is 0 Å². The van der Waals surface area contributed by atoms with Crippen LogP contribution in [0.25, 0.3) is 0 Å². The van der Waals surface area contributed by atoms with E-state index in [1.807, 2.05) is 0 Å². The topological polar surface area (TPSA) is 136 Å². The van der Waals surface area contributed by atoms with Gasteiger partial charge in [-0.2, -0.15) is 0 Å². The van der Waals surface area contributed by atoms with Crippen LogP contribution in [0, 0.1) is 0 Å². The number of nitrogens with one attached hydrogen (secondary N) is 1. The van der Waals surface area contributed by atoms with Gasteiger partial charge in [0.05, 0.1) is 10.0 Å². The number of hydrogen-bond acceptors (Lipinski definition) is 6. The van der Waals surface area contributed by atoms with Crippen molar-refractivity contribution < 1.29 is 26.4 Å². The fourth-order valence-corrected chi connectivity index (χ4v) is 4.76. The number of rotatable bonds is 7. The average molecular weight is 472 g/mol. The first-order valence-corrected chi connectivity index (χ1v) is 11.8. The molecule has 28 heavy (non-hydrogen) atoms. The molecule has 1 aromatic carbocycles. The number of primary sulfonamides is 1. The maximum absolute atomic E-state index is 12.3. The summed E-state index contributed by atoms with van der Waals surface area (Å²) in [6.45, 7) is 3.52. The first kappa shape index (κ1) is 22.9. The number of hydrogen-bond donors (Lipinski definition) is 2. The van der Waals surface area contributed by atoms with Crippen molar-refractivity contribution in [3.05, 3.63) is 34.2 Å².